The number of alkyl halides is 3. The van der Waals surface area contributed by atoms with Crippen LogP contribution in [0.4, 0.5) is 22.0 Å². The van der Waals surface area contributed by atoms with Gasteiger partial charge in [-0.3, -0.25) is 0 Å². The molecule has 0 atom stereocenters. The highest BCUT2D eigenvalue weighted by molar-refractivity contribution is 7.89. The molecule has 0 unspecified atom stereocenters. The van der Waals surface area contributed by atoms with E-state index in [1.807, 2.05) is 0 Å². The van der Waals surface area contributed by atoms with E-state index in [9.17, 15) is 30.4 Å². The van der Waals surface area contributed by atoms with Crippen LogP contribution in [-0.4, -0.2) is 14.7 Å². The number of rotatable bonds is 2. The molecule has 1 N–H and O–H groups in total. The summed E-state index contributed by atoms with van der Waals surface area (Å²) >= 11 is 0. The molecule has 1 aromatic rings. The third-order valence-electron chi connectivity index (χ3n) is 1.45. The van der Waals surface area contributed by atoms with Gasteiger partial charge in [0.05, 0.1) is 4.90 Å². The average molecular weight is 261 g/mol. The molecule has 0 bridgehead atoms. The Balaban J connectivity index is 3.13. The molecule has 0 fully saturated rings. The molecule has 0 saturated heterocycles. The topological polar surface area (TPSA) is 46.2 Å². The van der Waals surface area contributed by atoms with Crippen LogP contribution in [-0.2, 0) is 10.0 Å². The Labute approximate surface area is 86.9 Å². The van der Waals surface area contributed by atoms with Crippen molar-refractivity contribution in [1.82, 2.24) is 4.72 Å². The Bertz CT molecular complexity index is 496. The summed E-state index contributed by atoms with van der Waals surface area (Å²) in [5.41, 5.74) is 0. The van der Waals surface area contributed by atoms with Crippen molar-refractivity contribution in [2.45, 2.75) is 11.2 Å². The van der Waals surface area contributed by atoms with Gasteiger partial charge in [-0.25, -0.2) is 17.2 Å². The number of sulfonamides is 1. The third kappa shape index (κ3) is 3.14. The summed E-state index contributed by atoms with van der Waals surface area (Å²) in [5, 5.41) is 0. The Morgan fingerprint density at radius 1 is 1.06 bits per heavy atom. The molecule has 1 aromatic carbocycles. The van der Waals surface area contributed by atoms with Crippen molar-refractivity contribution in [3.63, 3.8) is 0 Å². The molecule has 16 heavy (non-hydrogen) atoms. The Hall–Kier alpha value is -1.22. The van der Waals surface area contributed by atoms with Crippen LogP contribution in [0.3, 0.4) is 0 Å². The molecule has 3 nitrogen and oxygen atoms in total. The fourth-order valence-electron chi connectivity index (χ4n) is 0.855. The average Bonchev–Trinajstić information content (AvgIpc) is 2.05. The summed E-state index contributed by atoms with van der Waals surface area (Å²) in [6.07, 6.45) is -5.18. The predicted octanol–water partition coefficient (Wildman–Crippen LogP) is 1.76. The largest absolute Gasteiger partial charge is 0.470 e. The molecule has 90 valence electrons. The van der Waals surface area contributed by atoms with Gasteiger partial charge in [-0.1, -0.05) is 0 Å². The zero-order chi connectivity index (χ0) is 12.6. The summed E-state index contributed by atoms with van der Waals surface area (Å²) in [4.78, 5) is -1.01. The van der Waals surface area contributed by atoms with Crippen LogP contribution in [0.1, 0.15) is 0 Å². The molecule has 0 radical (unpaired) electrons. The number of nitrogens with one attached hydrogen (secondary N) is 1. The van der Waals surface area contributed by atoms with Crippen LogP contribution in [0, 0.1) is 11.6 Å². The number of hydrogen-bond donors (Lipinski definition) is 1. The van der Waals surface area contributed by atoms with Crippen molar-refractivity contribution >= 4 is 10.0 Å². The zero-order valence-corrected chi connectivity index (χ0v) is 8.16. The second-order valence-electron chi connectivity index (χ2n) is 2.68. The number of hydrogen-bond acceptors (Lipinski definition) is 2. The Morgan fingerprint density at radius 3 is 2.06 bits per heavy atom. The van der Waals surface area contributed by atoms with Crippen LogP contribution in [0.25, 0.3) is 0 Å². The van der Waals surface area contributed by atoms with Gasteiger partial charge in [0.1, 0.15) is 0 Å². The van der Waals surface area contributed by atoms with Gasteiger partial charge in [0, 0.05) is 0 Å². The van der Waals surface area contributed by atoms with Crippen molar-refractivity contribution < 1.29 is 30.4 Å². The highest BCUT2D eigenvalue weighted by Crippen LogP contribution is 2.18. The van der Waals surface area contributed by atoms with E-state index in [2.05, 4.69) is 0 Å². The van der Waals surface area contributed by atoms with Gasteiger partial charge in [-0.05, 0) is 18.2 Å². The van der Waals surface area contributed by atoms with Crippen molar-refractivity contribution in [3.05, 3.63) is 29.8 Å². The summed E-state index contributed by atoms with van der Waals surface area (Å²) in [6.45, 7) is 0. The third-order valence-corrected chi connectivity index (χ3v) is 2.83. The van der Waals surface area contributed by atoms with Gasteiger partial charge in [0.25, 0.3) is 0 Å². The maximum atomic E-state index is 12.6. The quantitative estimate of drug-likeness (QED) is 0.651. The van der Waals surface area contributed by atoms with E-state index >= 15 is 0 Å². The molecule has 0 saturated carbocycles. The monoisotopic (exact) mass is 261 g/mol. The molecular weight excluding hydrogens is 257 g/mol. The van der Waals surface area contributed by atoms with E-state index in [4.69, 9.17) is 0 Å². The summed E-state index contributed by atoms with van der Waals surface area (Å²) in [6, 6.07) is 1.09. The summed E-state index contributed by atoms with van der Waals surface area (Å²) < 4.78 is 82.6. The lowest BCUT2D eigenvalue weighted by Gasteiger charge is -2.09. The normalized spacial score (nSPS) is 12.8. The standard InChI is InChI=1S/C7H4F5NO2S/c8-5-2-1-4(3-6(5)9)16(14,15)13-7(10,11)12/h1-3,13H. The van der Waals surface area contributed by atoms with Gasteiger partial charge in [0.15, 0.2) is 11.6 Å². The molecule has 0 spiro atoms. The molecule has 0 amide bonds. The maximum absolute atomic E-state index is 12.6. The molecule has 0 heterocycles. The zero-order valence-electron chi connectivity index (χ0n) is 7.35. The highest BCUT2D eigenvalue weighted by Gasteiger charge is 2.35. The van der Waals surface area contributed by atoms with Crippen molar-refractivity contribution in [2.24, 2.45) is 0 Å². The predicted molar refractivity (Wildman–Crippen MR) is 42.7 cm³/mol. The lowest BCUT2D eigenvalue weighted by molar-refractivity contribution is -0.138. The Kier molecular flexibility index (Phi) is 3.20. The smallest absolute Gasteiger partial charge is 0.207 e. The molecular formula is C7H4F5NO2S. The first-order valence-electron chi connectivity index (χ1n) is 3.67. The van der Waals surface area contributed by atoms with Crippen molar-refractivity contribution in [3.8, 4) is 0 Å². The van der Waals surface area contributed by atoms with Crippen LogP contribution in [0.5, 0.6) is 0 Å². The minimum Gasteiger partial charge on any atom is -0.207 e. The number of benzene rings is 1. The van der Waals surface area contributed by atoms with Crippen LogP contribution >= 0.6 is 0 Å². The first-order valence-corrected chi connectivity index (χ1v) is 5.16. The highest BCUT2D eigenvalue weighted by atomic mass is 32.2. The SMILES string of the molecule is O=S(=O)(NC(F)(F)F)c1ccc(F)c(F)c1. The van der Waals surface area contributed by atoms with Gasteiger partial charge in [0.2, 0.25) is 10.0 Å². The van der Waals surface area contributed by atoms with Crippen molar-refractivity contribution in [2.75, 3.05) is 0 Å². The summed E-state index contributed by atoms with van der Waals surface area (Å²) in [5.74, 6) is -2.91. The second-order valence-corrected chi connectivity index (χ2v) is 4.36. The Morgan fingerprint density at radius 2 is 1.62 bits per heavy atom. The molecule has 0 aromatic heterocycles. The van der Waals surface area contributed by atoms with Crippen LogP contribution < -0.4 is 4.72 Å². The van der Waals surface area contributed by atoms with Crippen LogP contribution in [0.2, 0.25) is 0 Å². The molecule has 0 aliphatic rings. The van der Waals surface area contributed by atoms with E-state index in [1.54, 1.807) is 0 Å². The van der Waals surface area contributed by atoms with Gasteiger partial charge >= 0.3 is 6.30 Å². The van der Waals surface area contributed by atoms with Gasteiger partial charge in [-0.15, -0.1) is 4.72 Å². The maximum Gasteiger partial charge on any atom is 0.470 e. The fourth-order valence-corrected chi connectivity index (χ4v) is 1.78. The number of halogens is 5. The van der Waals surface area contributed by atoms with E-state index in [-0.39, 0.29) is 6.07 Å². The van der Waals surface area contributed by atoms with E-state index in [0.717, 1.165) is 0 Å². The van der Waals surface area contributed by atoms with Gasteiger partial charge < -0.3 is 0 Å². The molecule has 0 aliphatic carbocycles. The summed E-state index contributed by atoms with van der Waals surface area (Å²) in [7, 11) is -4.94. The molecule has 9 heteroatoms. The first-order chi connectivity index (χ1) is 7.12. The van der Waals surface area contributed by atoms with Crippen LogP contribution in [0.15, 0.2) is 23.1 Å². The van der Waals surface area contributed by atoms with E-state index in [1.165, 1.54) is 0 Å². The van der Waals surface area contributed by atoms with Gasteiger partial charge in [-0.2, -0.15) is 13.2 Å². The minimum absolute atomic E-state index is 0.156. The van der Waals surface area contributed by atoms with E-state index < -0.39 is 32.9 Å². The molecule has 1 rings (SSSR count). The van der Waals surface area contributed by atoms with E-state index in [0.29, 0.717) is 16.9 Å². The molecule has 0 aliphatic heterocycles. The van der Waals surface area contributed by atoms with Crippen molar-refractivity contribution in [1.29, 1.82) is 0 Å². The fraction of sp³-hybridized carbons (Fsp3) is 0.143. The minimum atomic E-state index is -5.18. The second kappa shape index (κ2) is 3.98. The first kappa shape index (κ1) is 12.8. The lowest BCUT2D eigenvalue weighted by Crippen LogP contribution is -2.37. The lowest BCUT2D eigenvalue weighted by atomic mass is 10.3.